The summed E-state index contributed by atoms with van der Waals surface area (Å²) in [5.74, 6) is 1.37. The van der Waals surface area contributed by atoms with Crippen LogP contribution < -0.4 is 5.32 Å². The van der Waals surface area contributed by atoms with E-state index in [9.17, 15) is 4.79 Å². The number of fused-ring (bicyclic) bond motifs is 5. The van der Waals surface area contributed by atoms with Crippen molar-refractivity contribution in [3.63, 3.8) is 0 Å². The zero-order chi connectivity index (χ0) is 25.9. The number of rotatable bonds is 4. The first kappa shape index (κ1) is 22.0. The second kappa shape index (κ2) is 8.47. The molecule has 4 heterocycles. The number of benzene rings is 3. The summed E-state index contributed by atoms with van der Waals surface area (Å²) in [5, 5.41) is 5.33. The molecule has 0 fully saturated rings. The van der Waals surface area contributed by atoms with Crippen molar-refractivity contribution in [2.24, 2.45) is 0 Å². The van der Waals surface area contributed by atoms with Crippen LogP contribution in [0.2, 0.25) is 0 Å². The van der Waals surface area contributed by atoms with E-state index in [1.54, 1.807) is 23.7 Å². The first-order chi connectivity index (χ1) is 19.2. The van der Waals surface area contributed by atoms with E-state index < -0.39 is 0 Å². The molecule has 0 bridgehead atoms. The fraction of sp³-hybridized carbons (Fsp3) is 0.0323. The highest BCUT2D eigenvalue weighted by molar-refractivity contribution is 7.13. The van der Waals surface area contributed by atoms with Crippen LogP contribution in [0.4, 0.5) is 0 Å². The van der Waals surface area contributed by atoms with Gasteiger partial charge in [-0.25, -0.2) is 9.97 Å². The standard InChI is InChI=1S/C31H20N6OS/c38-31(21-10-4-11-23-28(21)36-30(34-23)25-12-5-15-39-25)37-27-18-7-2-1-6-17(18)26-19(27)8-3-9-20(26)29-33-22-13-14-32-16-24(22)35-29/h1-16,27H,(H,33,35)(H,34,36)(H,37,38). The fourth-order valence-electron chi connectivity index (χ4n) is 5.55. The van der Waals surface area contributed by atoms with Crippen molar-refractivity contribution in [3.8, 4) is 33.2 Å². The minimum atomic E-state index is -0.305. The average molecular weight is 525 g/mol. The molecule has 0 saturated carbocycles. The molecule has 0 radical (unpaired) electrons. The van der Waals surface area contributed by atoms with Crippen LogP contribution in [0.3, 0.4) is 0 Å². The Hall–Kier alpha value is -5.08. The maximum Gasteiger partial charge on any atom is 0.254 e. The summed E-state index contributed by atoms with van der Waals surface area (Å²) >= 11 is 1.61. The van der Waals surface area contributed by atoms with E-state index in [4.69, 9.17) is 9.97 Å². The molecule has 4 aromatic heterocycles. The summed E-state index contributed by atoms with van der Waals surface area (Å²) in [5.41, 5.74) is 9.02. The normalized spacial score (nSPS) is 14.0. The van der Waals surface area contributed by atoms with Gasteiger partial charge in [0.15, 0.2) is 0 Å². The van der Waals surface area contributed by atoms with E-state index in [0.717, 1.165) is 60.9 Å². The lowest BCUT2D eigenvalue weighted by Crippen LogP contribution is -2.28. The number of aromatic amines is 2. The number of hydrogen-bond donors (Lipinski definition) is 3. The van der Waals surface area contributed by atoms with Gasteiger partial charge in [0.2, 0.25) is 0 Å². The van der Waals surface area contributed by atoms with Gasteiger partial charge in [-0.2, -0.15) is 0 Å². The van der Waals surface area contributed by atoms with Gasteiger partial charge in [-0.1, -0.05) is 54.6 Å². The molecule has 1 aliphatic rings. The van der Waals surface area contributed by atoms with E-state index >= 15 is 0 Å². The Morgan fingerprint density at radius 1 is 0.795 bits per heavy atom. The molecule has 0 spiro atoms. The van der Waals surface area contributed by atoms with Gasteiger partial charge < -0.3 is 15.3 Å². The van der Waals surface area contributed by atoms with Crippen LogP contribution in [-0.4, -0.2) is 30.8 Å². The number of carbonyl (C=O) groups is 1. The van der Waals surface area contributed by atoms with Gasteiger partial charge >= 0.3 is 0 Å². The zero-order valence-corrected chi connectivity index (χ0v) is 21.3. The van der Waals surface area contributed by atoms with Gasteiger partial charge in [0.1, 0.15) is 17.2 Å². The highest BCUT2D eigenvalue weighted by Crippen LogP contribution is 2.47. The second-order valence-electron chi connectivity index (χ2n) is 9.51. The summed E-state index contributed by atoms with van der Waals surface area (Å²) in [6.07, 6.45) is 3.53. The van der Waals surface area contributed by atoms with Gasteiger partial charge in [0.25, 0.3) is 5.91 Å². The monoisotopic (exact) mass is 524 g/mol. The Morgan fingerprint density at radius 3 is 2.54 bits per heavy atom. The molecule has 7 nitrogen and oxygen atoms in total. The SMILES string of the molecule is O=C(NC1c2ccccc2-c2c(-c3nc4ccncc4[nH]3)cccc21)c1cccc2[nH]c(-c3cccs3)nc12. The molecule has 1 amide bonds. The third-order valence-electron chi connectivity index (χ3n) is 7.27. The molecule has 3 aromatic carbocycles. The third-order valence-corrected chi connectivity index (χ3v) is 8.15. The van der Waals surface area contributed by atoms with E-state index in [0.29, 0.717) is 11.1 Å². The van der Waals surface area contributed by atoms with Crippen molar-refractivity contribution >= 4 is 39.3 Å². The molecule has 39 heavy (non-hydrogen) atoms. The first-order valence-electron chi connectivity index (χ1n) is 12.6. The van der Waals surface area contributed by atoms with Gasteiger partial charge in [-0.3, -0.25) is 9.78 Å². The number of imidazole rings is 2. The number of thiophene rings is 1. The largest absolute Gasteiger partial charge is 0.341 e. The Balaban J connectivity index is 1.22. The van der Waals surface area contributed by atoms with Gasteiger partial charge in [-0.15, -0.1) is 11.3 Å². The first-order valence-corrected chi connectivity index (χ1v) is 13.5. The number of amides is 1. The minimum absolute atomic E-state index is 0.169. The Labute approximate surface area is 226 Å². The quantitative estimate of drug-likeness (QED) is 0.238. The van der Waals surface area contributed by atoms with E-state index in [1.807, 2.05) is 60.0 Å². The number of carbonyl (C=O) groups excluding carboxylic acids is 1. The highest BCUT2D eigenvalue weighted by Gasteiger charge is 2.33. The van der Waals surface area contributed by atoms with Gasteiger partial charge in [0, 0.05) is 11.8 Å². The molecule has 1 unspecified atom stereocenters. The van der Waals surface area contributed by atoms with Crippen molar-refractivity contribution in [1.29, 1.82) is 0 Å². The lowest BCUT2D eigenvalue weighted by molar-refractivity contribution is 0.0945. The molecule has 1 aliphatic carbocycles. The molecule has 0 aliphatic heterocycles. The van der Waals surface area contributed by atoms with Crippen molar-refractivity contribution < 1.29 is 4.79 Å². The Kier molecular flexibility index (Phi) is 4.77. The molecule has 8 heteroatoms. The van der Waals surface area contributed by atoms with Crippen molar-refractivity contribution in [3.05, 3.63) is 113 Å². The van der Waals surface area contributed by atoms with Crippen LogP contribution in [0.5, 0.6) is 0 Å². The smallest absolute Gasteiger partial charge is 0.254 e. The predicted molar refractivity (Wildman–Crippen MR) is 153 cm³/mol. The van der Waals surface area contributed by atoms with Crippen molar-refractivity contribution in [1.82, 2.24) is 30.2 Å². The molecular weight excluding hydrogens is 504 g/mol. The van der Waals surface area contributed by atoms with Crippen LogP contribution in [0, 0.1) is 0 Å². The Morgan fingerprint density at radius 2 is 1.64 bits per heavy atom. The number of para-hydroxylation sites is 1. The molecule has 1 atom stereocenters. The van der Waals surface area contributed by atoms with Gasteiger partial charge in [0.05, 0.1) is 39.2 Å². The molecule has 8 rings (SSSR count). The van der Waals surface area contributed by atoms with Crippen LogP contribution in [0.1, 0.15) is 27.5 Å². The number of H-pyrrole nitrogens is 2. The lowest BCUT2D eigenvalue weighted by Gasteiger charge is -2.16. The molecule has 186 valence electrons. The predicted octanol–water partition coefficient (Wildman–Crippen LogP) is 6.73. The topological polar surface area (TPSA) is 99.4 Å². The maximum atomic E-state index is 13.8. The second-order valence-corrected chi connectivity index (χ2v) is 10.5. The number of nitrogens with one attached hydrogen (secondary N) is 3. The fourth-order valence-corrected chi connectivity index (χ4v) is 6.22. The highest BCUT2D eigenvalue weighted by atomic mass is 32.1. The number of pyridine rings is 1. The summed E-state index contributed by atoms with van der Waals surface area (Å²) in [6.45, 7) is 0. The molecular formula is C31H20N6OS. The van der Waals surface area contributed by atoms with E-state index in [1.165, 1.54) is 0 Å². The average Bonchev–Trinajstić information content (AvgIpc) is 3.77. The number of nitrogens with zero attached hydrogens (tertiary/aromatic N) is 3. The minimum Gasteiger partial charge on any atom is -0.341 e. The number of hydrogen-bond acceptors (Lipinski definition) is 5. The molecule has 7 aromatic rings. The Bertz CT molecular complexity index is 2000. The van der Waals surface area contributed by atoms with Crippen LogP contribution in [0.15, 0.2) is 96.6 Å². The third kappa shape index (κ3) is 3.42. The summed E-state index contributed by atoms with van der Waals surface area (Å²) in [4.78, 5) is 35.5. The van der Waals surface area contributed by atoms with E-state index in [-0.39, 0.29) is 11.9 Å². The van der Waals surface area contributed by atoms with Gasteiger partial charge in [-0.05, 0) is 51.9 Å². The lowest BCUT2D eigenvalue weighted by atomic mass is 9.98. The van der Waals surface area contributed by atoms with Crippen molar-refractivity contribution in [2.45, 2.75) is 6.04 Å². The van der Waals surface area contributed by atoms with E-state index in [2.05, 4.69) is 44.5 Å². The summed E-state index contributed by atoms with van der Waals surface area (Å²) < 4.78 is 0. The molecule has 0 saturated heterocycles. The van der Waals surface area contributed by atoms with Crippen LogP contribution in [0.25, 0.3) is 55.3 Å². The van der Waals surface area contributed by atoms with Crippen molar-refractivity contribution in [2.75, 3.05) is 0 Å². The number of aromatic nitrogens is 5. The summed E-state index contributed by atoms with van der Waals surface area (Å²) in [6, 6.07) is 25.7. The maximum absolute atomic E-state index is 13.8. The summed E-state index contributed by atoms with van der Waals surface area (Å²) in [7, 11) is 0. The zero-order valence-electron chi connectivity index (χ0n) is 20.5. The van der Waals surface area contributed by atoms with Crippen LogP contribution >= 0.6 is 11.3 Å². The van der Waals surface area contributed by atoms with Crippen LogP contribution in [-0.2, 0) is 0 Å². The molecule has 3 N–H and O–H groups in total.